The highest BCUT2D eigenvalue weighted by molar-refractivity contribution is 6.03. The lowest BCUT2D eigenvalue weighted by Crippen LogP contribution is -2.23. The Hall–Kier alpha value is -4.07. The Morgan fingerprint density at radius 3 is 2.29 bits per heavy atom. The SMILES string of the molecule is Nc1nc2[nH]c(=O)c(CC(=Nc3ccccc3)c3ccccc3)nc2c(=O)[nH]1. The van der Waals surface area contributed by atoms with Crippen molar-refractivity contribution in [1.29, 1.82) is 0 Å². The van der Waals surface area contributed by atoms with E-state index in [0.29, 0.717) is 5.71 Å². The van der Waals surface area contributed by atoms with Gasteiger partial charge in [0.1, 0.15) is 5.69 Å². The van der Waals surface area contributed by atoms with Gasteiger partial charge in [-0.3, -0.25) is 19.6 Å². The van der Waals surface area contributed by atoms with E-state index in [1.807, 2.05) is 60.7 Å². The summed E-state index contributed by atoms with van der Waals surface area (Å²) >= 11 is 0. The van der Waals surface area contributed by atoms with Crippen LogP contribution in [0.1, 0.15) is 11.3 Å². The van der Waals surface area contributed by atoms with Crippen LogP contribution in [0.4, 0.5) is 11.6 Å². The Bertz CT molecular complexity index is 1280. The number of nitrogens with two attached hydrogens (primary N) is 1. The minimum Gasteiger partial charge on any atom is -0.369 e. The van der Waals surface area contributed by atoms with Crippen LogP contribution in [-0.4, -0.2) is 25.6 Å². The average molecular weight is 372 g/mol. The van der Waals surface area contributed by atoms with Crippen molar-refractivity contribution in [3.05, 3.63) is 92.6 Å². The lowest BCUT2D eigenvalue weighted by atomic mass is 10.1. The van der Waals surface area contributed by atoms with Gasteiger partial charge < -0.3 is 10.7 Å². The molecule has 0 saturated carbocycles. The van der Waals surface area contributed by atoms with Crippen molar-refractivity contribution in [1.82, 2.24) is 19.9 Å². The molecule has 0 saturated heterocycles. The summed E-state index contributed by atoms with van der Waals surface area (Å²) in [6, 6.07) is 18.9. The van der Waals surface area contributed by atoms with Crippen molar-refractivity contribution >= 4 is 28.5 Å². The third kappa shape index (κ3) is 3.56. The van der Waals surface area contributed by atoms with Crippen LogP contribution in [0.3, 0.4) is 0 Å². The van der Waals surface area contributed by atoms with E-state index in [1.165, 1.54) is 0 Å². The number of nitrogen functional groups attached to an aromatic ring is 1. The number of rotatable bonds is 4. The molecule has 0 radical (unpaired) electrons. The average Bonchev–Trinajstić information content (AvgIpc) is 2.70. The predicted molar refractivity (Wildman–Crippen MR) is 108 cm³/mol. The van der Waals surface area contributed by atoms with E-state index in [0.717, 1.165) is 11.3 Å². The molecule has 0 unspecified atom stereocenters. The minimum absolute atomic E-state index is 0.0240. The number of hydrogen-bond donors (Lipinski definition) is 3. The maximum Gasteiger partial charge on any atom is 0.280 e. The summed E-state index contributed by atoms with van der Waals surface area (Å²) in [5, 5.41) is 0. The summed E-state index contributed by atoms with van der Waals surface area (Å²) in [5.74, 6) is -0.0849. The number of nitrogens with one attached hydrogen (secondary N) is 2. The van der Waals surface area contributed by atoms with Gasteiger partial charge in [0.05, 0.1) is 11.4 Å². The standard InChI is InChI=1S/C20H16N6O2/c21-20-25-17-16(19(28)26-20)23-15(18(27)24-17)11-14(12-7-3-1-4-8-12)22-13-9-5-2-6-10-13/h1-10H,11H2,(H4,21,24,25,26,27,28). The van der Waals surface area contributed by atoms with Gasteiger partial charge in [-0.05, 0) is 17.7 Å². The molecule has 8 nitrogen and oxygen atoms in total. The molecule has 4 aromatic rings. The Morgan fingerprint density at radius 2 is 1.57 bits per heavy atom. The van der Waals surface area contributed by atoms with Crippen molar-refractivity contribution in [2.24, 2.45) is 4.99 Å². The number of nitrogens with zero attached hydrogens (tertiary/aromatic N) is 3. The smallest absolute Gasteiger partial charge is 0.280 e. The van der Waals surface area contributed by atoms with Crippen molar-refractivity contribution < 1.29 is 0 Å². The van der Waals surface area contributed by atoms with Gasteiger partial charge in [0.2, 0.25) is 5.95 Å². The number of aromatic nitrogens is 4. The van der Waals surface area contributed by atoms with Crippen LogP contribution in [-0.2, 0) is 6.42 Å². The first kappa shape index (κ1) is 17.3. The number of H-pyrrole nitrogens is 2. The van der Waals surface area contributed by atoms with E-state index in [2.05, 4.69) is 24.9 Å². The first-order chi connectivity index (χ1) is 13.6. The molecular weight excluding hydrogens is 356 g/mol. The van der Waals surface area contributed by atoms with Crippen LogP contribution in [0.2, 0.25) is 0 Å². The summed E-state index contributed by atoms with van der Waals surface area (Å²) in [6.45, 7) is 0. The van der Waals surface area contributed by atoms with Gasteiger partial charge in [-0.2, -0.15) is 4.98 Å². The molecule has 0 spiro atoms. The number of benzene rings is 2. The van der Waals surface area contributed by atoms with E-state index in [9.17, 15) is 9.59 Å². The molecule has 0 aliphatic carbocycles. The van der Waals surface area contributed by atoms with Crippen LogP contribution in [0.25, 0.3) is 11.2 Å². The summed E-state index contributed by atoms with van der Waals surface area (Å²) in [6.07, 6.45) is 0.147. The first-order valence-corrected chi connectivity index (χ1v) is 8.57. The third-order valence-corrected chi connectivity index (χ3v) is 4.12. The molecule has 0 bridgehead atoms. The van der Waals surface area contributed by atoms with Crippen LogP contribution < -0.4 is 16.9 Å². The van der Waals surface area contributed by atoms with Crippen LogP contribution in [0, 0.1) is 0 Å². The molecular formula is C20H16N6O2. The largest absolute Gasteiger partial charge is 0.369 e. The van der Waals surface area contributed by atoms with Crippen molar-refractivity contribution in [2.75, 3.05) is 5.73 Å². The molecule has 0 fully saturated rings. The zero-order valence-corrected chi connectivity index (χ0v) is 14.7. The monoisotopic (exact) mass is 372 g/mol. The number of fused-ring (bicyclic) bond motifs is 1. The van der Waals surface area contributed by atoms with Gasteiger partial charge in [0.15, 0.2) is 11.2 Å². The van der Waals surface area contributed by atoms with Crippen molar-refractivity contribution in [3.63, 3.8) is 0 Å². The number of aromatic amines is 2. The van der Waals surface area contributed by atoms with E-state index in [-0.39, 0.29) is 29.2 Å². The topological polar surface area (TPSA) is 130 Å². The summed E-state index contributed by atoms with van der Waals surface area (Å²) in [4.78, 5) is 42.4. The van der Waals surface area contributed by atoms with Crippen molar-refractivity contribution in [3.8, 4) is 0 Å². The molecule has 28 heavy (non-hydrogen) atoms. The second-order valence-corrected chi connectivity index (χ2v) is 6.10. The molecule has 4 N–H and O–H groups in total. The maximum atomic E-state index is 12.5. The number of hydrogen-bond acceptors (Lipinski definition) is 6. The molecule has 2 aromatic heterocycles. The quantitative estimate of drug-likeness (QED) is 0.471. The third-order valence-electron chi connectivity index (χ3n) is 4.12. The Morgan fingerprint density at radius 1 is 0.893 bits per heavy atom. The molecule has 0 aliphatic heterocycles. The van der Waals surface area contributed by atoms with Gasteiger partial charge in [-0.25, -0.2) is 4.98 Å². The predicted octanol–water partition coefficient (Wildman–Crippen LogP) is 1.95. The fourth-order valence-electron chi connectivity index (χ4n) is 2.81. The molecule has 2 aromatic carbocycles. The van der Waals surface area contributed by atoms with Crippen LogP contribution in [0.15, 0.2) is 75.2 Å². The molecule has 0 amide bonds. The molecule has 138 valence electrons. The molecule has 2 heterocycles. The summed E-state index contributed by atoms with van der Waals surface area (Å²) < 4.78 is 0. The highest BCUT2D eigenvalue weighted by Crippen LogP contribution is 2.15. The maximum absolute atomic E-state index is 12.5. The zero-order valence-electron chi connectivity index (χ0n) is 14.7. The fraction of sp³-hybridized carbons (Fsp3) is 0.0500. The second-order valence-electron chi connectivity index (χ2n) is 6.10. The Labute approximate surface area is 158 Å². The van der Waals surface area contributed by atoms with Gasteiger partial charge in [0, 0.05) is 6.42 Å². The van der Waals surface area contributed by atoms with E-state index >= 15 is 0 Å². The molecule has 4 rings (SSSR count). The van der Waals surface area contributed by atoms with E-state index in [1.54, 1.807) is 0 Å². The molecule has 8 heteroatoms. The lowest BCUT2D eigenvalue weighted by Gasteiger charge is -2.07. The van der Waals surface area contributed by atoms with Crippen LogP contribution >= 0.6 is 0 Å². The minimum atomic E-state index is -0.513. The number of aliphatic imine (C=N–C) groups is 1. The molecule has 0 atom stereocenters. The van der Waals surface area contributed by atoms with E-state index in [4.69, 9.17) is 5.73 Å². The Kier molecular flexibility index (Phi) is 4.51. The first-order valence-electron chi connectivity index (χ1n) is 8.57. The second kappa shape index (κ2) is 7.28. The summed E-state index contributed by atoms with van der Waals surface area (Å²) in [7, 11) is 0. The lowest BCUT2D eigenvalue weighted by molar-refractivity contribution is 1.03. The molecule has 0 aliphatic rings. The van der Waals surface area contributed by atoms with Gasteiger partial charge in [-0.1, -0.05) is 48.5 Å². The van der Waals surface area contributed by atoms with Gasteiger partial charge >= 0.3 is 0 Å². The number of para-hydroxylation sites is 1. The summed E-state index contributed by atoms with van der Waals surface area (Å²) in [5.41, 5.74) is 7.08. The zero-order chi connectivity index (χ0) is 19.5. The fourth-order valence-corrected chi connectivity index (χ4v) is 2.81. The van der Waals surface area contributed by atoms with Crippen molar-refractivity contribution in [2.45, 2.75) is 6.42 Å². The highest BCUT2D eigenvalue weighted by Gasteiger charge is 2.13. The highest BCUT2D eigenvalue weighted by atomic mass is 16.1. The Balaban J connectivity index is 1.83. The van der Waals surface area contributed by atoms with Gasteiger partial charge in [-0.15, -0.1) is 0 Å². The van der Waals surface area contributed by atoms with Crippen LogP contribution in [0.5, 0.6) is 0 Å². The van der Waals surface area contributed by atoms with Gasteiger partial charge in [0.25, 0.3) is 11.1 Å². The normalized spacial score (nSPS) is 11.6. The van der Waals surface area contributed by atoms with E-state index < -0.39 is 11.1 Å². The number of anilines is 1.